The SMILES string of the molecule is CN(CCc1cccc2ccccc12)C(=O)CSc1nncs1. The second kappa shape index (κ2) is 7.57. The van der Waals surface area contributed by atoms with Crippen molar-refractivity contribution >= 4 is 39.8 Å². The molecule has 23 heavy (non-hydrogen) atoms. The lowest BCUT2D eigenvalue weighted by molar-refractivity contribution is -0.127. The molecule has 3 aromatic rings. The molecule has 4 nitrogen and oxygen atoms in total. The first-order valence-electron chi connectivity index (χ1n) is 7.33. The van der Waals surface area contributed by atoms with Gasteiger partial charge in [0.1, 0.15) is 5.51 Å². The molecule has 0 aliphatic heterocycles. The van der Waals surface area contributed by atoms with Gasteiger partial charge in [-0.1, -0.05) is 65.6 Å². The molecule has 3 rings (SSSR count). The van der Waals surface area contributed by atoms with Crippen molar-refractivity contribution in [1.82, 2.24) is 15.1 Å². The number of nitrogens with zero attached hydrogens (tertiary/aromatic N) is 3. The molecule has 0 aliphatic rings. The molecule has 0 saturated heterocycles. The van der Waals surface area contributed by atoms with Crippen molar-refractivity contribution < 1.29 is 4.79 Å². The fourth-order valence-corrected chi connectivity index (χ4v) is 3.81. The van der Waals surface area contributed by atoms with E-state index in [-0.39, 0.29) is 5.91 Å². The Hall–Kier alpha value is -1.92. The van der Waals surface area contributed by atoms with Gasteiger partial charge in [-0.25, -0.2) is 0 Å². The maximum absolute atomic E-state index is 12.2. The van der Waals surface area contributed by atoms with E-state index in [1.807, 2.05) is 13.1 Å². The zero-order valence-corrected chi connectivity index (χ0v) is 14.4. The van der Waals surface area contributed by atoms with Crippen LogP contribution in [0.3, 0.4) is 0 Å². The van der Waals surface area contributed by atoms with Crippen molar-refractivity contribution in [2.75, 3.05) is 19.3 Å². The largest absolute Gasteiger partial charge is 0.345 e. The molecule has 6 heteroatoms. The maximum Gasteiger partial charge on any atom is 0.232 e. The van der Waals surface area contributed by atoms with Crippen LogP contribution in [0.4, 0.5) is 0 Å². The Morgan fingerprint density at radius 1 is 1.22 bits per heavy atom. The number of aromatic nitrogens is 2. The van der Waals surface area contributed by atoms with Gasteiger partial charge < -0.3 is 4.90 Å². The van der Waals surface area contributed by atoms with Crippen LogP contribution in [0.15, 0.2) is 52.3 Å². The van der Waals surface area contributed by atoms with Crippen LogP contribution in [0.25, 0.3) is 10.8 Å². The monoisotopic (exact) mass is 343 g/mol. The molecule has 0 unspecified atom stereocenters. The van der Waals surface area contributed by atoms with Gasteiger partial charge in [-0.3, -0.25) is 4.79 Å². The van der Waals surface area contributed by atoms with Crippen molar-refractivity contribution in [2.24, 2.45) is 0 Å². The fraction of sp³-hybridized carbons (Fsp3) is 0.235. The molecule has 0 saturated carbocycles. The van der Waals surface area contributed by atoms with Crippen LogP contribution in [-0.2, 0) is 11.2 Å². The first-order chi connectivity index (χ1) is 11.2. The minimum Gasteiger partial charge on any atom is -0.345 e. The van der Waals surface area contributed by atoms with Gasteiger partial charge in [-0.05, 0) is 22.8 Å². The van der Waals surface area contributed by atoms with Gasteiger partial charge in [0.25, 0.3) is 0 Å². The van der Waals surface area contributed by atoms with Crippen LogP contribution in [0.5, 0.6) is 0 Å². The molecule has 0 aliphatic carbocycles. The number of hydrogen-bond donors (Lipinski definition) is 0. The van der Waals surface area contributed by atoms with E-state index in [0.29, 0.717) is 12.3 Å². The number of hydrogen-bond acceptors (Lipinski definition) is 5. The quantitative estimate of drug-likeness (QED) is 0.643. The Morgan fingerprint density at radius 3 is 2.87 bits per heavy atom. The fourth-order valence-electron chi connectivity index (χ4n) is 2.38. The Labute approximate surface area is 143 Å². The summed E-state index contributed by atoms with van der Waals surface area (Å²) in [6.07, 6.45) is 0.854. The zero-order chi connectivity index (χ0) is 16.1. The Bertz CT molecular complexity index is 784. The molecular formula is C17H17N3OS2. The summed E-state index contributed by atoms with van der Waals surface area (Å²) in [6, 6.07) is 14.7. The summed E-state index contributed by atoms with van der Waals surface area (Å²) in [5.74, 6) is 0.520. The molecule has 1 aromatic heterocycles. The average Bonchev–Trinajstić information content (AvgIpc) is 3.11. The standard InChI is InChI=1S/C17H17N3OS2/c1-20(16(21)11-22-17-19-18-12-23-17)10-9-14-7-4-6-13-5-2-3-8-15(13)14/h2-8,12H,9-11H2,1H3. The lowest BCUT2D eigenvalue weighted by Crippen LogP contribution is -2.30. The van der Waals surface area contributed by atoms with Crippen molar-refractivity contribution in [3.8, 4) is 0 Å². The molecule has 0 bridgehead atoms. The second-order valence-corrected chi connectivity index (χ2v) is 7.25. The number of benzene rings is 2. The van der Waals surface area contributed by atoms with Crippen molar-refractivity contribution in [3.05, 3.63) is 53.5 Å². The van der Waals surface area contributed by atoms with E-state index >= 15 is 0 Å². The number of carbonyl (C=O) groups excluding carboxylic acids is 1. The van der Waals surface area contributed by atoms with Crippen molar-refractivity contribution in [3.63, 3.8) is 0 Å². The van der Waals surface area contributed by atoms with Gasteiger partial charge in [0.15, 0.2) is 4.34 Å². The lowest BCUT2D eigenvalue weighted by atomic mass is 10.0. The second-order valence-electron chi connectivity index (χ2n) is 5.20. The third-order valence-corrected chi connectivity index (χ3v) is 5.53. The normalized spacial score (nSPS) is 10.8. The first kappa shape index (κ1) is 16.0. The Balaban J connectivity index is 1.57. The minimum absolute atomic E-state index is 0.116. The summed E-state index contributed by atoms with van der Waals surface area (Å²) < 4.78 is 0.834. The summed E-state index contributed by atoms with van der Waals surface area (Å²) in [4.78, 5) is 14.0. The molecule has 1 amide bonds. The molecule has 118 valence electrons. The van der Waals surface area contributed by atoms with Crippen LogP contribution in [0.2, 0.25) is 0 Å². The smallest absolute Gasteiger partial charge is 0.232 e. The van der Waals surface area contributed by atoms with Crippen LogP contribution in [0, 0.1) is 0 Å². The third kappa shape index (κ3) is 4.09. The van der Waals surface area contributed by atoms with Gasteiger partial charge >= 0.3 is 0 Å². The van der Waals surface area contributed by atoms with E-state index in [4.69, 9.17) is 0 Å². The lowest BCUT2D eigenvalue weighted by Gasteiger charge is -2.17. The van der Waals surface area contributed by atoms with E-state index in [1.165, 1.54) is 39.4 Å². The van der Waals surface area contributed by atoms with E-state index in [2.05, 4.69) is 46.6 Å². The molecule has 0 atom stereocenters. The third-order valence-electron chi connectivity index (χ3n) is 3.68. The predicted octanol–water partition coefficient (Wildman–Crippen LogP) is 3.48. The number of amides is 1. The molecule has 0 N–H and O–H groups in total. The van der Waals surface area contributed by atoms with Gasteiger partial charge in [0, 0.05) is 13.6 Å². The number of fused-ring (bicyclic) bond motifs is 1. The van der Waals surface area contributed by atoms with Crippen LogP contribution < -0.4 is 0 Å². The van der Waals surface area contributed by atoms with Gasteiger partial charge in [0.05, 0.1) is 5.75 Å². The van der Waals surface area contributed by atoms with Crippen LogP contribution >= 0.6 is 23.1 Å². The molecular weight excluding hydrogens is 326 g/mol. The minimum atomic E-state index is 0.116. The molecule has 0 radical (unpaired) electrons. The summed E-state index contributed by atoms with van der Waals surface area (Å²) in [6.45, 7) is 0.712. The van der Waals surface area contributed by atoms with Crippen LogP contribution in [0.1, 0.15) is 5.56 Å². The Kier molecular flexibility index (Phi) is 5.25. The summed E-state index contributed by atoms with van der Waals surface area (Å²) in [5.41, 5.74) is 2.95. The highest BCUT2D eigenvalue weighted by Crippen LogP contribution is 2.20. The molecule has 0 spiro atoms. The van der Waals surface area contributed by atoms with Crippen molar-refractivity contribution in [1.29, 1.82) is 0 Å². The summed E-state index contributed by atoms with van der Waals surface area (Å²) in [5, 5.41) is 10.2. The zero-order valence-electron chi connectivity index (χ0n) is 12.8. The average molecular weight is 343 g/mol. The number of rotatable bonds is 6. The molecule has 0 fully saturated rings. The molecule has 1 heterocycles. The van der Waals surface area contributed by atoms with Gasteiger partial charge in [-0.15, -0.1) is 10.2 Å². The van der Waals surface area contributed by atoms with E-state index in [1.54, 1.807) is 10.4 Å². The predicted molar refractivity (Wildman–Crippen MR) is 95.9 cm³/mol. The number of thioether (sulfide) groups is 1. The summed E-state index contributed by atoms with van der Waals surface area (Å²) >= 11 is 2.90. The number of likely N-dealkylation sites (N-methyl/N-ethyl adjacent to an activating group) is 1. The Morgan fingerprint density at radius 2 is 2.04 bits per heavy atom. The molecule has 2 aromatic carbocycles. The van der Waals surface area contributed by atoms with Crippen LogP contribution in [-0.4, -0.2) is 40.3 Å². The maximum atomic E-state index is 12.2. The van der Waals surface area contributed by atoms with Gasteiger partial charge in [0.2, 0.25) is 5.91 Å². The first-order valence-corrected chi connectivity index (χ1v) is 9.20. The highest BCUT2D eigenvalue weighted by atomic mass is 32.2. The van der Waals surface area contributed by atoms with E-state index in [9.17, 15) is 4.79 Å². The summed E-state index contributed by atoms with van der Waals surface area (Å²) in [7, 11) is 1.86. The number of carbonyl (C=O) groups is 1. The highest BCUT2D eigenvalue weighted by Gasteiger charge is 2.11. The topological polar surface area (TPSA) is 46.1 Å². The van der Waals surface area contributed by atoms with Gasteiger partial charge in [-0.2, -0.15) is 0 Å². The van der Waals surface area contributed by atoms with E-state index in [0.717, 1.165) is 10.8 Å². The van der Waals surface area contributed by atoms with E-state index < -0.39 is 0 Å². The highest BCUT2D eigenvalue weighted by molar-refractivity contribution is 8.01. The van der Waals surface area contributed by atoms with Crippen molar-refractivity contribution in [2.45, 2.75) is 10.8 Å².